The van der Waals surface area contributed by atoms with Gasteiger partial charge in [-0.2, -0.15) is 0 Å². The van der Waals surface area contributed by atoms with Gasteiger partial charge >= 0.3 is 178 Å². The van der Waals surface area contributed by atoms with Gasteiger partial charge in [0.25, 0.3) is 0 Å². The second kappa shape index (κ2) is 13.1. The number of hydrogen-bond acceptors (Lipinski definition) is 1. The molecule has 0 saturated heterocycles. The summed E-state index contributed by atoms with van der Waals surface area (Å²) in [5.74, 6) is 0. The van der Waals surface area contributed by atoms with Crippen molar-refractivity contribution >= 4 is 26.7 Å². The molecule has 1 saturated carbocycles. The van der Waals surface area contributed by atoms with Gasteiger partial charge in [0.1, 0.15) is 0 Å². The summed E-state index contributed by atoms with van der Waals surface area (Å²) >= 11 is -2.13. The van der Waals surface area contributed by atoms with Crippen LogP contribution < -0.4 is 0 Å². The molecule has 0 aliphatic heterocycles. The molecule has 0 radical (unpaired) electrons. The zero-order chi connectivity index (χ0) is 20.2. The van der Waals surface area contributed by atoms with Crippen molar-refractivity contribution in [2.24, 2.45) is 0 Å². The number of rotatable bonds is 14. The maximum absolute atomic E-state index is 6.84. The molecule has 0 spiro atoms. The molecule has 1 rings (SSSR count). The Morgan fingerprint density at radius 2 is 1.30 bits per heavy atom. The molecule has 1 aliphatic rings. The SMILES string of the molecule is CCC[CH2][Sn]([CH]=CCC1(O[Si](C)(C)C)CCCCC1)([CH2]CCC)[CH2]CCC. The van der Waals surface area contributed by atoms with Crippen molar-refractivity contribution in [2.45, 2.75) is 136 Å². The third kappa shape index (κ3) is 10.3. The molecule has 27 heavy (non-hydrogen) atoms. The monoisotopic (exact) mass is 502 g/mol. The number of hydrogen-bond donors (Lipinski definition) is 0. The van der Waals surface area contributed by atoms with E-state index < -0.39 is 26.7 Å². The zero-order valence-corrected chi connectivity index (χ0v) is 23.5. The van der Waals surface area contributed by atoms with E-state index >= 15 is 0 Å². The molecular formula is C24H50OSiSn. The first-order chi connectivity index (χ1) is 12.8. The van der Waals surface area contributed by atoms with E-state index in [0.717, 1.165) is 0 Å². The Labute approximate surface area is 177 Å². The fourth-order valence-corrected chi connectivity index (χ4v) is 20.9. The van der Waals surface area contributed by atoms with Crippen LogP contribution in [0.15, 0.2) is 10.2 Å². The molecule has 0 aromatic carbocycles. The Morgan fingerprint density at radius 3 is 1.70 bits per heavy atom. The Hall–Kier alpha value is 0.716. The van der Waals surface area contributed by atoms with Crippen molar-refractivity contribution < 1.29 is 4.43 Å². The van der Waals surface area contributed by atoms with Gasteiger partial charge in [-0.25, -0.2) is 0 Å². The molecule has 0 amide bonds. The second-order valence-corrected chi connectivity index (χ2v) is 27.7. The van der Waals surface area contributed by atoms with Gasteiger partial charge in [-0.05, 0) is 0 Å². The Bertz CT molecular complexity index is 385. The quantitative estimate of drug-likeness (QED) is 0.216. The Kier molecular flexibility index (Phi) is 12.5. The van der Waals surface area contributed by atoms with Crippen molar-refractivity contribution in [2.75, 3.05) is 0 Å². The van der Waals surface area contributed by atoms with Gasteiger partial charge in [-0.15, -0.1) is 0 Å². The van der Waals surface area contributed by atoms with E-state index in [1.807, 2.05) is 0 Å². The van der Waals surface area contributed by atoms with Crippen LogP contribution in [0.5, 0.6) is 0 Å². The summed E-state index contributed by atoms with van der Waals surface area (Å²) in [5, 5.41) is 0. The normalized spacial score (nSPS) is 18.3. The van der Waals surface area contributed by atoms with Gasteiger partial charge in [-0.1, -0.05) is 0 Å². The summed E-state index contributed by atoms with van der Waals surface area (Å²) < 4.78 is 14.5. The van der Waals surface area contributed by atoms with Crippen LogP contribution in [-0.2, 0) is 4.43 Å². The molecule has 0 unspecified atom stereocenters. The van der Waals surface area contributed by atoms with Gasteiger partial charge in [0.15, 0.2) is 0 Å². The van der Waals surface area contributed by atoms with Crippen LogP contribution in [0.1, 0.15) is 97.8 Å². The molecule has 3 heteroatoms. The molecule has 0 heterocycles. The molecular weight excluding hydrogens is 451 g/mol. The molecule has 0 aromatic heterocycles. The average molecular weight is 501 g/mol. The standard InChI is InChI=1S/C12H23OSi.3C4H9.Sn/c1-5-9-12(13-14(2,3)4)10-7-6-8-11-12;3*1-3-4-2;/h1,5H,6-11H2,2-4H3;3*1,3-4H2,2H3;. The summed E-state index contributed by atoms with van der Waals surface area (Å²) in [7, 11) is -1.49. The molecule has 1 nitrogen and oxygen atoms in total. The summed E-state index contributed by atoms with van der Waals surface area (Å²) in [6.07, 6.45) is 19.1. The predicted molar refractivity (Wildman–Crippen MR) is 129 cm³/mol. The second-order valence-electron chi connectivity index (χ2n) is 10.2. The van der Waals surface area contributed by atoms with E-state index in [-0.39, 0.29) is 5.60 Å². The Morgan fingerprint density at radius 1 is 0.815 bits per heavy atom. The fourth-order valence-electron chi connectivity index (χ4n) is 4.93. The zero-order valence-electron chi connectivity index (χ0n) is 19.7. The third-order valence-electron chi connectivity index (χ3n) is 6.33. The van der Waals surface area contributed by atoms with E-state index in [0.29, 0.717) is 0 Å². The summed E-state index contributed by atoms with van der Waals surface area (Å²) in [5.41, 5.74) is 0.178. The maximum atomic E-state index is 6.84. The van der Waals surface area contributed by atoms with Crippen molar-refractivity contribution in [3.63, 3.8) is 0 Å². The predicted octanol–water partition coefficient (Wildman–Crippen LogP) is 8.88. The van der Waals surface area contributed by atoms with Crippen molar-refractivity contribution in [1.82, 2.24) is 0 Å². The van der Waals surface area contributed by atoms with Crippen LogP contribution in [-0.4, -0.2) is 32.3 Å². The van der Waals surface area contributed by atoms with Crippen molar-refractivity contribution in [1.29, 1.82) is 0 Å². The topological polar surface area (TPSA) is 9.23 Å². The molecule has 160 valence electrons. The van der Waals surface area contributed by atoms with Crippen LogP contribution in [0.25, 0.3) is 0 Å². The van der Waals surface area contributed by atoms with Crippen molar-refractivity contribution in [3.05, 3.63) is 10.2 Å². The fraction of sp³-hybridized carbons (Fsp3) is 0.917. The molecule has 1 fully saturated rings. The van der Waals surface area contributed by atoms with Crippen LogP contribution >= 0.6 is 0 Å². The van der Waals surface area contributed by atoms with E-state index in [1.54, 1.807) is 13.3 Å². The summed E-state index contributed by atoms with van der Waals surface area (Å²) in [6, 6.07) is 0. The number of unbranched alkanes of at least 4 members (excludes halogenated alkanes) is 3. The molecule has 0 aromatic rings. The van der Waals surface area contributed by atoms with Gasteiger partial charge in [0, 0.05) is 0 Å². The van der Waals surface area contributed by atoms with Crippen LogP contribution in [0.4, 0.5) is 0 Å². The first kappa shape index (κ1) is 25.8. The summed E-state index contributed by atoms with van der Waals surface area (Å²) in [6.45, 7) is 14.2. The summed E-state index contributed by atoms with van der Waals surface area (Å²) in [4.78, 5) is 0. The third-order valence-corrected chi connectivity index (χ3v) is 21.6. The van der Waals surface area contributed by atoms with Gasteiger partial charge < -0.3 is 0 Å². The molecule has 0 atom stereocenters. The Balaban J connectivity index is 2.92. The molecule has 0 bridgehead atoms. The van der Waals surface area contributed by atoms with E-state index in [2.05, 4.69) is 50.6 Å². The molecule has 1 aliphatic carbocycles. The van der Waals surface area contributed by atoms with Gasteiger partial charge in [0.05, 0.1) is 0 Å². The van der Waals surface area contributed by atoms with E-state index in [9.17, 15) is 0 Å². The average Bonchev–Trinajstić information content (AvgIpc) is 2.62. The molecule has 0 N–H and O–H groups in total. The first-order valence-corrected chi connectivity index (χ1v) is 23.3. The van der Waals surface area contributed by atoms with E-state index in [1.165, 1.54) is 77.0 Å². The van der Waals surface area contributed by atoms with Gasteiger partial charge in [0.2, 0.25) is 0 Å². The van der Waals surface area contributed by atoms with E-state index in [4.69, 9.17) is 4.43 Å². The van der Waals surface area contributed by atoms with Gasteiger partial charge in [-0.3, -0.25) is 0 Å². The first-order valence-electron chi connectivity index (χ1n) is 12.2. The minimum atomic E-state index is -2.13. The van der Waals surface area contributed by atoms with Crippen LogP contribution in [0.3, 0.4) is 0 Å². The van der Waals surface area contributed by atoms with Crippen LogP contribution in [0.2, 0.25) is 33.0 Å². The minimum absolute atomic E-state index is 0.178. The van der Waals surface area contributed by atoms with Crippen LogP contribution in [0, 0.1) is 0 Å². The van der Waals surface area contributed by atoms with Crippen molar-refractivity contribution in [3.8, 4) is 0 Å².